The Balaban J connectivity index is 1.95. The van der Waals surface area contributed by atoms with Gasteiger partial charge in [-0.05, 0) is 57.8 Å². The summed E-state index contributed by atoms with van der Waals surface area (Å²) in [6.07, 6.45) is 5.72. The summed E-state index contributed by atoms with van der Waals surface area (Å²) in [6.45, 7) is 2.06. The molecule has 2 heterocycles. The summed E-state index contributed by atoms with van der Waals surface area (Å²) < 4.78 is 0. The summed E-state index contributed by atoms with van der Waals surface area (Å²) in [5.41, 5.74) is 3.26. The normalized spacial score (nSPS) is 21.3. The van der Waals surface area contributed by atoms with Gasteiger partial charge in [-0.15, -0.1) is 0 Å². The molecule has 0 amide bonds. The van der Waals surface area contributed by atoms with E-state index >= 15 is 0 Å². The van der Waals surface area contributed by atoms with Gasteiger partial charge < -0.3 is 9.80 Å². The van der Waals surface area contributed by atoms with E-state index in [0.717, 1.165) is 37.3 Å². The third-order valence-corrected chi connectivity index (χ3v) is 4.38. The second kappa shape index (κ2) is 5.41. The third-order valence-electron chi connectivity index (χ3n) is 4.38. The molecule has 106 valence electrons. The second-order valence-electron chi connectivity index (χ2n) is 6.18. The molecule has 1 aromatic rings. The van der Waals surface area contributed by atoms with Crippen LogP contribution >= 0.6 is 0 Å². The zero-order chi connectivity index (χ0) is 14.1. The summed E-state index contributed by atoms with van der Waals surface area (Å²) in [4.78, 5) is 9.43. The maximum Gasteiger partial charge on any atom is 0.147 e. The first-order valence-electron chi connectivity index (χ1n) is 7.53. The number of pyridine rings is 1. The molecule has 1 aliphatic carbocycles. The maximum atomic E-state index is 9.45. The van der Waals surface area contributed by atoms with E-state index < -0.39 is 0 Å². The van der Waals surface area contributed by atoms with Crippen molar-refractivity contribution in [2.24, 2.45) is 0 Å². The zero-order valence-electron chi connectivity index (χ0n) is 12.4. The van der Waals surface area contributed by atoms with Crippen molar-refractivity contribution >= 4 is 5.82 Å². The van der Waals surface area contributed by atoms with Crippen molar-refractivity contribution in [2.45, 2.75) is 38.1 Å². The minimum atomic E-state index is 0.490. The number of aromatic nitrogens is 1. The minimum absolute atomic E-state index is 0.490. The van der Waals surface area contributed by atoms with E-state index in [2.05, 4.69) is 36.0 Å². The highest BCUT2D eigenvalue weighted by atomic mass is 15.3. The lowest BCUT2D eigenvalue weighted by molar-refractivity contribution is 0.371. The van der Waals surface area contributed by atoms with Crippen LogP contribution in [0.5, 0.6) is 0 Å². The number of hydrogen-bond acceptors (Lipinski definition) is 4. The summed E-state index contributed by atoms with van der Waals surface area (Å²) in [5, 5.41) is 9.45. The first-order chi connectivity index (χ1) is 9.69. The molecular formula is C16H22N4. The Bertz CT molecular complexity index is 544. The lowest BCUT2D eigenvalue weighted by Crippen LogP contribution is -2.38. The Kier molecular flexibility index (Phi) is 3.62. The smallest absolute Gasteiger partial charge is 0.147 e. The molecule has 1 aliphatic heterocycles. The van der Waals surface area contributed by atoms with Gasteiger partial charge in [0.1, 0.15) is 11.9 Å². The van der Waals surface area contributed by atoms with Gasteiger partial charge in [0.05, 0.1) is 5.56 Å². The molecule has 0 N–H and O–H groups in total. The molecule has 2 aliphatic rings. The van der Waals surface area contributed by atoms with Crippen LogP contribution in [0.1, 0.15) is 36.1 Å². The van der Waals surface area contributed by atoms with Gasteiger partial charge >= 0.3 is 0 Å². The number of nitriles is 1. The molecule has 3 rings (SSSR count). The molecular weight excluding hydrogens is 248 g/mol. The molecule has 1 atom stereocenters. The van der Waals surface area contributed by atoms with Crippen LogP contribution in [-0.4, -0.2) is 43.1 Å². The molecule has 0 aromatic carbocycles. The summed E-state index contributed by atoms with van der Waals surface area (Å²) in [5.74, 6) is 0.928. The lowest BCUT2D eigenvalue weighted by Gasteiger charge is -2.29. The molecule has 1 aromatic heterocycles. The average molecular weight is 270 g/mol. The monoisotopic (exact) mass is 270 g/mol. The Labute approximate surface area is 121 Å². The van der Waals surface area contributed by atoms with Crippen LogP contribution in [0, 0.1) is 11.3 Å². The molecule has 20 heavy (non-hydrogen) atoms. The second-order valence-corrected chi connectivity index (χ2v) is 6.18. The van der Waals surface area contributed by atoms with Crippen molar-refractivity contribution in [3.05, 3.63) is 22.9 Å². The quantitative estimate of drug-likeness (QED) is 0.842. The van der Waals surface area contributed by atoms with Crippen molar-refractivity contribution in [2.75, 3.05) is 32.1 Å². The Morgan fingerprint density at radius 1 is 1.40 bits per heavy atom. The van der Waals surface area contributed by atoms with Gasteiger partial charge in [-0.25, -0.2) is 4.98 Å². The summed E-state index contributed by atoms with van der Waals surface area (Å²) in [6, 6.07) is 4.93. The van der Waals surface area contributed by atoms with Crippen LogP contribution in [0.4, 0.5) is 5.82 Å². The number of nitrogens with zero attached hydrogens (tertiary/aromatic N) is 4. The topological polar surface area (TPSA) is 43.2 Å². The third kappa shape index (κ3) is 2.38. The van der Waals surface area contributed by atoms with Gasteiger partial charge in [-0.3, -0.25) is 0 Å². The largest absolute Gasteiger partial charge is 0.351 e. The average Bonchev–Trinajstić information content (AvgIpc) is 3.04. The highest BCUT2D eigenvalue weighted by molar-refractivity contribution is 5.58. The highest BCUT2D eigenvalue weighted by Crippen LogP contribution is 2.31. The number of likely N-dealkylation sites (N-methyl/N-ethyl adjacent to an activating group) is 1. The van der Waals surface area contributed by atoms with E-state index in [1.54, 1.807) is 0 Å². The number of hydrogen-bond donors (Lipinski definition) is 0. The predicted molar refractivity (Wildman–Crippen MR) is 79.9 cm³/mol. The van der Waals surface area contributed by atoms with Crippen molar-refractivity contribution in [1.29, 1.82) is 5.26 Å². The first-order valence-corrected chi connectivity index (χ1v) is 7.53. The number of fused-ring (bicyclic) bond motifs is 1. The number of rotatable bonds is 3. The summed E-state index contributed by atoms with van der Waals surface area (Å²) >= 11 is 0. The zero-order valence-corrected chi connectivity index (χ0v) is 12.4. The van der Waals surface area contributed by atoms with Crippen LogP contribution in [-0.2, 0) is 12.8 Å². The van der Waals surface area contributed by atoms with E-state index in [0.29, 0.717) is 6.04 Å². The Hall–Kier alpha value is -1.60. The van der Waals surface area contributed by atoms with Gasteiger partial charge in [0, 0.05) is 24.8 Å². The summed E-state index contributed by atoms with van der Waals surface area (Å²) in [7, 11) is 4.22. The van der Waals surface area contributed by atoms with E-state index in [9.17, 15) is 5.26 Å². The Morgan fingerprint density at radius 2 is 2.25 bits per heavy atom. The van der Waals surface area contributed by atoms with Crippen molar-refractivity contribution in [3.63, 3.8) is 0 Å². The highest BCUT2D eigenvalue weighted by Gasteiger charge is 2.29. The molecule has 0 radical (unpaired) electrons. The molecule has 1 saturated heterocycles. The fourth-order valence-corrected chi connectivity index (χ4v) is 3.49. The molecule has 0 saturated carbocycles. The van der Waals surface area contributed by atoms with Crippen LogP contribution in [0.25, 0.3) is 0 Å². The van der Waals surface area contributed by atoms with E-state index in [4.69, 9.17) is 4.98 Å². The van der Waals surface area contributed by atoms with Gasteiger partial charge in [0.2, 0.25) is 0 Å². The van der Waals surface area contributed by atoms with Gasteiger partial charge in [0.25, 0.3) is 0 Å². The van der Waals surface area contributed by atoms with Gasteiger partial charge in [0.15, 0.2) is 0 Å². The predicted octanol–water partition coefficient (Wildman–Crippen LogP) is 1.97. The fraction of sp³-hybridized carbons (Fsp3) is 0.625. The molecule has 0 spiro atoms. The standard InChI is InChI=1S/C16H22N4/c1-19(2)11-14-6-4-8-20(14)16-13(10-17)9-12-5-3-7-15(12)18-16/h9,14H,3-8,11H2,1-2H3. The van der Waals surface area contributed by atoms with E-state index in [-0.39, 0.29) is 0 Å². The number of anilines is 1. The van der Waals surface area contributed by atoms with E-state index in [1.807, 2.05) is 0 Å². The van der Waals surface area contributed by atoms with E-state index in [1.165, 1.54) is 30.5 Å². The maximum absolute atomic E-state index is 9.45. The first kappa shape index (κ1) is 13.4. The van der Waals surface area contributed by atoms with Crippen LogP contribution < -0.4 is 4.90 Å². The van der Waals surface area contributed by atoms with Crippen LogP contribution in [0.3, 0.4) is 0 Å². The number of aryl methyl sites for hydroxylation is 2. The SMILES string of the molecule is CN(C)CC1CCCN1c1nc2c(cc1C#N)CCC2. The van der Waals surface area contributed by atoms with Crippen molar-refractivity contribution < 1.29 is 0 Å². The van der Waals surface area contributed by atoms with Crippen molar-refractivity contribution in [1.82, 2.24) is 9.88 Å². The van der Waals surface area contributed by atoms with Gasteiger partial charge in [-0.2, -0.15) is 5.26 Å². The van der Waals surface area contributed by atoms with Crippen LogP contribution in [0.15, 0.2) is 6.07 Å². The van der Waals surface area contributed by atoms with Crippen molar-refractivity contribution in [3.8, 4) is 6.07 Å². The molecule has 1 fully saturated rings. The Morgan fingerprint density at radius 3 is 3.00 bits per heavy atom. The molecule has 1 unspecified atom stereocenters. The molecule has 4 nitrogen and oxygen atoms in total. The van der Waals surface area contributed by atoms with Gasteiger partial charge in [-0.1, -0.05) is 0 Å². The molecule has 4 heteroatoms. The fourth-order valence-electron chi connectivity index (χ4n) is 3.49. The lowest BCUT2D eigenvalue weighted by atomic mass is 10.1. The van der Waals surface area contributed by atoms with Crippen LogP contribution in [0.2, 0.25) is 0 Å². The minimum Gasteiger partial charge on any atom is -0.351 e. The molecule has 0 bridgehead atoms.